The minimum Gasteiger partial charge on any atom is -0.466 e. The van der Waals surface area contributed by atoms with E-state index in [0.717, 1.165) is 18.1 Å². The van der Waals surface area contributed by atoms with Gasteiger partial charge in [-0.3, -0.25) is 0 Å². The molecule has 0 aliphatic heterocycles. The lowest BCUT2D eigenvalue weighted by molar-refractivity contribution is 0.0100. The largest absolute Gasteiger partial charge is 0.466 e. The van der Waals surface area contributed by atoms with Gasteiger partial charge in [0.25, 0.3) is 0 Å². The Hall–Kier alpha value is -0.770. The summed E-state index contributed by atoms with van der Waals surface area (Å²) < 4.78 is 10.7. The molecule has 1 N–H and O–H groups in total. The molecule has 88 valence electrons. The number of ether oxygens (including phenoxy) is 2. The molecular formula is C12H15ClO3. The summed E-state index contributed by atoms with van der Waals surface area (Å²) in [5.41, 5.74) is 0.774. The third-order valence-corrected chi connectivity index (χ3v) is 2.82. The van der Waals surface area contributed by atoms with Gasteiger partial charge in [-0.05, 0) is 36.5 Å². The summed E-state index contributed by atoms with van der Waals surface area (Å²) in [6.07, 6.45) is 2.54. The van der Waals surface area contributed by atoms with Gasteiger partial charge >= 0.3 is 0 Å². The van der Waals surface area contributed by atoms with Crippen molar-refractivity contribution in [1.29, 1.82) is 0 Å². The number of benzene rings is 1. The van der Waals surface area contributed by atoms with E-state index in [4.69, 9.17) is 26.2 Å². The lowest BCUT2D eigenvalue weighted by atomic mass is 10.2. The lowest BCUT2D eigenvalue weighted by Crippen LogP contribution is -2.05. The van der Waals surface area contributed by atoms with Crippen molar-refractivity contribution in [3.8, 4) is 5.75 Å². The summed E-state index contributed by atoms with van der Waals surface area (Å²) in [5.74, 6) is 1.32. The van der Waals surface area contributed by atoms with Gasteiger partial charge in [0.15, 0.2) is 6.79 Å². The maximum atomic E-state index is 8.91. The van der Waals surface area contributed by atoms with Gasteiger partial charge in [-0.2, -0.15) is 0 Å². The van der Waals surface area contributed by atoms with E-state index in [9.17, 15) is 0 Å². The van der Waals surface area contributed by atoms with Crippen molar-refractivity contribution < 1.29 is 14.6 Å². The van der Waals surface area contributed by atoms with E-state index in [-0.39, 0.29) is 13.4 Å². The first kappa shape index (κ1) is 11.7. The second kappa shape index (κ2) is 5.53. The van der Waals surface area contributed by atoms with Gasteiger partial charge in [-0.1, -0.05) is 17.7 Å². The molecule has 4 heteroatoms. The topological polar surface area (TPSA) is 38.7 Å². The molecule has 0 bridgehead atoms. The first-order valence-electron chi connectivity index (χ1n) is 5.39. The van der Waals surface area contributed by atoms with E-state index in [0.29, 0.717) is 10.8 Å². The first-order chi connectivity index (χ1) is 7.79. The summed E-state index contributed by atoms with van der Waals surface area (Å²) in [5, 5.41) is 9.41. The highest BCUT2D eigenvalue weighted by Crippen LogP contribution is 2.29. The molecule has 1 aliphatic carbocycles. The molecule has 1 saturated carbocycles. The monoisotopic (exact) mass is 242 g/mol. The van der Waals surface area contributed by atoms with Crippen LogP contribution in [0.15, 0.2) is 18.2 Å². The molecule has 16 heavy (non-hydrogen) atoms. The van der Waals surface area contributed by atoms with Crippen molar-refractivity contribution in [1.82, 2.24) is 0 Å². The van der Waals surface area contributed by atoms with Crippen molar-refractivity contribution in [3.63, 3.8) is 0 Å². The molecule has 0 atom stereocenters. The molecule has 0 saturated heterocycles. The molecule has 0 heterocycles. The van der Waals surface area contributed by atoms with E-state index >= 15 is 0 Å². The Labute approximate surface area is 99.9 Å². The van der Waals surface area contributed by atoms with Gasteiger partial charge in [-0.25, -0.2) is 0 Å². The van der Waals surface area contributed by atoms with Crippen molar-refractivity contribution in [2.75, 3.05) is 13.4 Å². The van der Waals surface area contributed by atoms with E-state index in [1.807, 2.05) is 0 Å². The Morgan fingerprint density at radius 3 is 2.81 bits per heavy atom. The van der Waals surface area contributed by atoms with E-state index < -0.39 is 0 Å². The molecule has 0 unspecified atom stereocenters. The third kappa shape index (κ3) is 3.37. The number of hydrogen-bond donors (Lipinski definition) is 1. The molecule has 1 aromatic rings. The Morgan fingerprint density at radius 1 is 1.38 bits per heavy atom. The molecule has 3 nitrogen and oxygen atoms in total. The quantitative estimate of drug-likeness (QED) is 0.616. The summed E-state index contributed by atoms with van der Waals surface area (Å²) in [6.45, 7) is 0.985. The van der Waals surface area contributed by atoms with E-state index in [2.05, 4.69) is 0 Å². The van der Waals surface area contributed by atoms with Crippen LogP contribution in [0.1, 0.15) is 18.4 Å². The number of aliphatic hydroxyl groups excluding tert-OH is 1. The lowest BCUT2D eigenvalue weighted by Gasteiger charge is -2.09. The molecule has 1 aromatic carbocycles. The van der Waals surface area contributed by atoms with Crippen molar-refractivity contribution in [3.05, 3.63) is 28.8 Å². The van der Waals surface area contributed by atoms with Crippen molar-refractivity contribution >= 4 is 11.6 Å². The van der Waals surface area contributed by atoms with Crippen LogP contribution in [-0.4, -0.2) is 18.5 Å². The maximum Gasteiger partial charge on any atom is 0.189 e. The molecule has 0 spiro atoms. The minimum atomic E-state index is -0.0157. The second-order valence-electron chi connectivity index (χ2n) is 4.00. The van der Waals surface area contributed by atoms with Crippen LogP contribution in [0, 0.1) is 5.92 Å². The Morgan fingerprint density at radius 2 is 2.19 bits per heavy atom. The van der Waals surface area contributed by atoms with Crippen molar-refractivity contribution in [2.24, 2.45) is 5.92 Å². The summed E-state index contributed by atoms with van der Waals surface area (Å²) >= 11 is 5.97. The fraction of sp³-hybridized carbons (Fsp3) is 0.500. The van der Waals surface area contributed by atoms with Crippen LogP contribution in [0.3, 0.4) is 0 Å². The average molecular weight is 243 g/mol. The first-order valence-corrected chi connectivity index (χ1v) is 5.77. The maximum absolute atomic E-state index is 8.91. The molecule has 0 aromatic heterocycles. The van der Waals surface area contributed by atoms with Crippen LogP contribution < -0.4 is 4.74 Å². The summed E-state index contributed by atoms with van der Waals surface area (Å²) in [6, 6.07) is 5.22. The zero-order chi connectivity index (χ0) is 11.4. The van der Waals surface area contributed by atoms with Crippen LogP contribution in [0.25, 0.3) is 0 Å². The highest BCUT2D eigenvalue weighted by atomic mass is 35.5. The average Bonchev–Trinajstić information content (AvgIpc) is 3.10. The van der Waals surface area contributed by atoms with E-state index in [1.54, 1.807) is 18.2 Å². The number of halogens is 1. The zero-order valence-corrected chi connectivity index (χ0v) is 9.74. The molecular weight excluding hydrogens is 228 g/mol. The standard InChI is InChI=1S/C12H15ClO3/c13-11-5-10(6-14)3-4-12(11)16-8-15-7-9-1-2-9/h3-5,9,14H,1-2,6-8H2. The van der Waals surface area contributed by atoms with Gasteiger partial charge in [0, 0.05) is 0 Å². The second-order valence-corrected chi connectivity index (χ2v) is 4.41. The van der Waals surface area contributed by atoms with Gasteiger partial charge in [0.05, 0.1) is 18.2 Å². The fourth-order valence-electron chi connectivity index (χ4n) is 1.36. The van der Waals surface area contributed by atoms with Crippen LogP contribution in [0.2, 0.25) is 5.02 Å². The van der Waals surface area contributed by atoms with Crippen LogP contribution in [0.4, 0.5) is 0 Å². The van der Waals surface area contributed by atoms with Crippen LogP contribution in [0.5, 0.6) is 5.75 Å². The van der Waals surface area contributed by atoms with Crippen LogP contribution in [-0.2, 0) is 11.3 Å². The minimum absolute atomic E-state index is 0.0157. The van der Waals surface area contributed by atoms with Gasteiger partial charge in [0.1, 0.15) is 5.75 Å². The summed E-state index contributed by atoms with van der Waals surface area (Å²) in [7, 11) is 0. The number of hydrogen-bond acceptors (Lipinski definition) is 3. The number of aliphatic hydroxyl groups is 1. The third-order valence-electron chi connectivity index (χ3n) is 2.53. The Kier molecular flexibility index (Phi) is 4.04. The fourth-order valence-corrected chi connectivity index (χ4v) is 1.62. The molecule has 2 rings (SSSR count). The molecule has 0 amide bonds. The highest BCUT2D eigenvalue weighted by molar-refractivity contribution is 6.32. The molecule has 1 fully saturated rings. The van der Waals surface area contributed by atoms with E-state index in [1.165, 1.54) is 12.8 Å². The number of rotatable bonds is 6. The highest BCUT2D eigenvalue weighted by Gasteiger charge is 2.21. The normalized spacial score (nSPS) is 15.1. The van der Waals surface area contributed by atoms with Gasteiger partial charge in [-0.15, -0.1) is 0 Å². The van der Waals surface area contributed by atoms with Gasteiger partial charge in [0.2, 0.25) is 0 Å². The molecule has 1 aliphatic rings. The SMILES string of the molecule is OCc1ccc(OCOCC2CC2)c(Cl)c1. The predicted molar refractivity (Wildman–Crippen MR) is 61.5 cm³/mol. The summed E-state index contributed by atoms with van der Waals surface area (Å²) in [4.78, 5) is 0. The van der Waals surface area contributed by atoms with Gasteiger partial charge < -0.3 is 14.6 Å². The Bertz CT molecular complexity index is 350. The molecule has 0 radical (unpaired) electrons. The zero-order valence-electron chi connectivity index (χ0n) is 8.99. The smallest absolute Gasteiger partial charge is 0.189 e. The van der Waals surface area contributed by atoms with Crippen LogP contribution >= 0.6 is 11.6 Å². The Balaban J connectivity index is 1.78. The van der Waals surface area contributed by atoms with Crippen molar-refractivity contribution in [2.45, 2.75) is 19.4 Å². The predicted octanol–water partition coefficient (Wildman–Crippen LogP) is 2.60.